The molecular weight excluding hydrogens is 370 g/mol. The van der Waals surface area contributed by atoms with E-state index in [0.29, 0.717) is 10.7 Å². The van der Waals surface area contributed by atoms with Crippen molar-refractivity contribution in [3.8, 4) is 0 Å². The number of anilines is 1. The number of aliphatic carboxylic acids is 1. The van der Waals surface area contributed by atoms with E-state index >= 15 is 0 Å². The van der Waals surface area contributed by atoms with Crippen LogP contribution in [0.2, 0.25) is 5.02 Å². The van der Waals surface area contributed by atoms with Gasteiger partial charge < -0.3 is 21.1 Å². The Balaban J connectivity index is 1.90. The number of hydrogen-bond acceptors (Lipinski definition) is 3. The Morgan fingerprint density at radius 1 is 1.04 bits per heavy atom. The largest absolute Gasteiger partial charge is 0.480 e. The van der Waals surface area contributed by atoms with Crippen LogP contribution < -0.4 is 16.0 Å². The number of benzene rings is 2. The minimum Gasteiger partial charge on any atom is -0.480 e. The van der Waals surface area contributed by atoms with Gasteiger partial charge in [-0.2, -0.15) is 0 Å². The van der Waals surface area contributed by atoms with Crippen LogP contribution in [0.5, 0.6) is 0 Å². The van der Waals surface area contributed by atoms with Crippen molar-refractivity contribution >= 4 is 35.2 Å². The SMILES string of the molecule is C[C@@H](NC(=O)Nc1cccc(Cl)c1)C(=O)N[C@@H](Cc1ccccc1)C(=O)O. The van der Waals surface area contributed by atoms with Crippen molar-refractivity contribution in [2.24, 2.45) is 0 Å². The fraction of sp³-hybridized carbons (Fsp3) is 0.211. The maximum atomic E-state index is 12.3. The maximum absolute atomic E-state index is 12.3. The van der Waals surface area contributed by atoms with Crippen molar-refractivity contribution in [3.63, 3.8) is 0 Å². The van der Waals surface area contributed by atoms with Crippen LogP contribution in [0.25, 0.3) is 0 Å². The minimum atomic E-state index is -1.15. The van der Waals surface area contributed by atoms with Gasteiger partial charge in [-0.05, 0) is 30.7 Å². The van der Waals surface area contributed by atoms with Crippen LogP contribution in [0.15, 0.2) is 54.6 Å². The summed E-state index contributed by atoms with van der Waals surface area (Å²) >= 11 is 5.85. The molecule has 0 saturated carbocycles. The molecule has 0 unspecified atom stereocenters. The van der Waals surface area contributed by atoms with E-state index in [4.69, 9.17) is 11.6 Å². The first-order chi connectivity index (χ1) is 12.8. The topological polar surface area (TPSA) is 108 Å². The van der Waals surface area contributed by atoms with Crippen LogP contribution >= 0.6 is 11.6 Å². The summed E-state index contributed by atoms with van der Waals surface area (Å²) in [5.41, 5.74) is 1.25. The molecule has 8 heteroatoms. The molecule has 2 atom stereocenters. The monoisotopic (exact) mass is 389 g/mol. The first-order valence-electron chi connectivity index (χ1n) is 8.25. The molecule has 3 amide bonds. The molecule has 0 aliphatic heterocycles. The number of amides is 3. The standard InChI is InChI=1S/C19H20ClN3O4/c1-12(21-19(27)22-15-9-5-8-14(20)11-15)17(24)23-16(18(25)26)10-13-6-3-2-4-7-13/h2-9,11-12,16H,10H2,1H3,(H,23,24)(H,25,26)(H2,21,22,27)/t12-,16+/m1/s1. The Morgan fingerprint density at radius 2 is 1.74 bits per heavy atom. The third-order valence-electron chi connectivity index (χ3n) is 3.72. The predicted octanol–water partition coefficient (Wildman–Crippen LogP) is 2.66. The Labute approximate surface area is 161 Å². The molecule has 0 spiro atoms. The van der Waals surface area contributed by atoms with Crippen molar-refractivity contribution in [2.45, 2.75) is 25.4 Å². The molecular formula is C19H20ClN3O4. The van der Waals surface area contributed by atoms with Gasteiger partial charge >= 0.3 is 12.0 Å². The molecule has 4 N–H and O–H groups in total. The average molecular weight is 390 g/mol. The molecule has 0 bridgehead atoms. The van der Waals surface area contributed by atoms with E-state index in [1.54, 1.807) is 48.5 Å². The van der Waals surface area contributed by atoms with Crippen LogP contribution in [-0.2, 0) is 16.0 Å². The number of urea groups is 1. The summed E-state index contributed by atoms with van der Waals surface area (Å²) in [4.78, 5) is 35.7. The minimum absolute atomic E-state index is 0.142. The van der Waals surface area contributed by atoms with Crippen molar-refractivity contribution < 1.29 is 19.5 Å². The van der Waals surface area contributed by atoms with E-state index < -0.39 is 30.0 Å². The summed E-state index contributed by atoms with van der Waals surface area (Å²) < 4.78 is 0. The normalized spacial score (nSPS) is 12.5. The average Bonchev–Trinajstić information content (AvgIpc) is 2.61. The van der Waals surface area contributed by atoms with Crippen LogP contribution in [0.4, 0.5) is 10.5 Å². The van der Waals surface area contributed by atoms with Gasteiger partial charge in [0.2, 0.25) is 5.91 Å². The summed E-state index contributed by atoms with van der Waals surface area (Å²) in [6.07, 6.45) is 0.142. The van der Waals surface area contributed by atoms with Gasteiger partial charge in [-0.1, -0.05) is 48.0 Å². The number of hydrogen-bond donors (Lipinski definition) is 4. The molecule has 2 aromatic rings. The number of rotatable bonds is 7. The Hall–Kier alpha value is -3.06. The lowest BCUT2D eigenvalue weighted by molar-refractivity contribution is -0.142. The molecule has 7 nitrogen and oxygen atoms in total. The molecule has 142 valence electrons. The molecule has 0 aliphatic rings. The second-order valence-electron chi connectivity index (χ2n) is 5.92. The second kappa shape index (κ2) is 9.59. The number of nitrogens with one attached hydrogen (secondary N) is 3. The molecule has 2 rings (SSSR count). The van der Waals surface area contributed by atoms with E-state index in [1.807, 2.05) is 6.07 Å². The Bertz CT molecular complexity index is 814. The zero-order valence-electron chi connectivity index (χ0n) is 14.6. The lowest BCUT2D eigenvalue weighted by atomic mass is 10.1. The summed E-state index contributed by atoms with van der Waals surface area (Å²) in [5.74, 6) is -1.75. The zero-order valence-corrected chi connectivity index (χ0v) is 15.4. The number of carbonyl (C=O) groups excluding carboxylic acids is 2. The molecule has 0 saturated heterocycles. The van der Waals surface area contributed by atoms with Gasteiger partial charge in [-0.25, -0.2) is 9.59 Å². The number of carboxylic acids is 1. The predicted molar refractivity (Wildman–Crippen MR) is 103 cm³/mol. The third kappa shape index (κ3) is 6.63. The third-order valence-corrected chi connectivity index (χ3v) is 3.96. The van der Waals surface area contributed by atoms with Gasteiger partial charge in [-0.15, -0.1) is 0 Å². The highest BCUT2D eigenvalue weighted by atomic mass is 35.5. The second-order valence-corrected chi connectivity index (χ2v) is 6.36. The molecule has 0 aromatic heterocycles. The molecule has 27 heavy (non-hydrogen) atoms. The molecule has 0 fully saturated rings. The van der Waals surface area contributed by atoms with Gasteiger partial charge in [0, 0.05) is 17.1 Å². The lowest BCUT2D eigenvalue weighted by Gasteiger charge is -2.19. The van der Waals surface area contributed by atoms with Crippen molar-refractivity contribution in [2.75, 3.05) is 5.32 Å². The highest BCUT2D eigenvalue weighted by Gasteiger charge is 2.24. The van der Waals surface area contributed by atoms with Gasteiger partial charge in [-0.3, -0.25) is 4.79 Å². The van der Waals surface area contributed by atoms with Crippen molar-refractivity contribution in [1.29, 1.82) is 0 Å². The Morgan fingerprint density at radius 3 is 2.37 bits per heavy atom. The highest BCUT2D eigenvalue weighted by Crippen LogP contribution is 2.14. The molecule has 0 heterocycles. The maximum Gasteiger partial charge on any atom is 0.326 e. The fourth-order valence-electron chi connectivity index (χ4n) is 2.34. The van der Waals surface area contributed by atoms with Gasteiger partial charge in [0.15, 0.2) is 0 Å². The smallest absolute Gasteiger partial charge is 0.326 e. The zero-order chi connectivity index (χ0) is 19.8. The first kappa shape index (κ1) is 20.3. The first-order valence-corrected chi connectivity index (χ1v) is 8.63. The Kier molecular flexibility index (Phi) is 7.19. The number of carbonyl (C=O) groups is 3. The van der Waals surface area contributed by atoms with E-state index in [2.05, 4.69) is 16.0 Å². The highest BCUT2D eigenvalue weighted by molar-refractivity contribution is 6.30. The molecule has 0 aliphatic carbocycles. The van der Waals surface area contributed by atoms with Crippen molar-refractivity contribution in [1.82, 2.24) is 10.6 Å². The summed E-state index contributed by atoms with van der Waals surface area (Å²) in [7, 11) is 0. The van der Waals surface area contributed by atoms with Crippen LogP contribution in [0.3, 0.4) is 0 Å². The summed E-state index contributed by atoms with van der Waals surface area (Å²) in [6, 6.07) is 12.9. The van der Waals surface area contributed by atoms with E-state index in [1.165, 1.54) is 6.92 Å². The summed E-state index contributed by atoms with van der Waals surface area (Å²) in [6.45, 7) is 1.47. The molecule has 2 aromatic carbocycles. The fourth-order valence-corrected chi connectivity index (χ4v) is 2.53. The van der Waals surface area contributed by atoms with Crippen LogP contribution in [0, 0.1) is 0 Å². The van der Waals surface area contributed by atoms with Gasteiger partial charge in [0.25, 0.3) is 0 Å². The van der Waals surface area contributed by atoms with Crippen LogP contribution in [-0.4, -0.2) is 35.1 Å². The van der Waals surface area contributed by atoms with Crippen molar-refractivity contribution in [3.05, 3.63) is 65.2 Å². The van der Waals surface area contributed by atoms with E-state index in [-0.39, 0.29) is 6.42 Å². The lowest BCUT2D eigenvalue weighted by Crippen LogP contribution is -2.51. The van der Waals surface area contributed by atoms with Gasteiger partial charge in [0.1, 0.15) is 12.1 Å². The molecule has 0 radical (unpaired) electrons. The van der Waals surface area contributed by atoms with E-state index in [9.17, 15) is 19.5 Å². The van der Waals surface area contributed by atoms with E-state index in [0.717, 1.165) is 5.56 Å². The summed E-state index contributed by atoms with van der Waals surface area (Å²) in [5, 5.41) is 17.3. The number of carboxylic acid groups (broad SMARTS) is 1. The quantitative estimate of drug-likeness (QED) is 0.583. The van der Waals surface area contributed by atoms with Gasteiger partial charge in [0.05, 0.1) is 0 Å². The van der Waals surface area contributed by atoms with Crippen LogP contribution in [0.1, 0.15) is 12.5 Å². The number of halogens is 1.